The molecule has 0 aliphatic heterocycles. The molecule has 3 aromatic rings. The van der Waals surface area contributed by atoms with E-state index < -0.39 is 11.7 Å². The molecule has 0 atom stereocenters. The number of aromatic nitrogens is 1. The van der Waals surface area contributed by atoms with Crippen molar-refractivity contribution < 1.29 is 13.2 Å². The molecule has 0 fully saturated rings. The molecule has 0 saturated heterocycles. The molecule has 26 heavy (non-hydrogen) atoms. The SMILES string of the molecule is C=C(N=C(N)N)c1ccc2cccc(-c3cc(C(F)(F)F)ccn3)c2c1. The highest BCUT2D eigenvalue weighted by Gasteiger charge is 2.30. The molecular weight excluding hydrogens is 341 g/mol. The third kappa shape index (κ3) is 3.51. The van der Waals surface area contributed by atoms with Gasteiger partial charge in [-0.1, -0.05) is 36.9 Å². The van der Waals surface area contributed by atoms with Crippen LogP contribution in [0.5, 0.6) is 0 Å². The maximum Gasteiger partial charge on any atom is 0.416 e. The van der Waals surface area contributed by atoms with Crippen LogP contribution >= 0.6 is 0 Å². The number of benzene rings is 2. The molecule has 4 nitrogen and oxygen atoms in total. The smallest absolute Gasteiger partial charge is 0.370 e. The summed E-state index contributed by atoms with van der Waals surface area (Å²) in [6, 6.07) is 12.7. The van der Waals surface area contributed by atoms with E-state index in [1.54, 1.807) is 24.3 Å². The molecule has 1 heterocycles. The first kappa shape index (κ1) is 17.5. The number of halogens is 3. The Morgan fingerprint density at radius 3 is 2.50 bits per heavy atom. The van der Waals surface area contributed by atoms with Crippen molar-refractivity contribution in [3.05, 3.63) is 72.4 Å². The zero-order valence-electron chi connectivity index (χ0n) is 13.6. The van der Waals surface area contributed by atoms with Crippen molar-refractivity contribution in [1.29, 1.82) is 0 Å². The minimum Gasteiger partial charge on any atom is -0.370 e. The first-order chi connectivity index (χ1) is 12.3. The largest absolute Gasteiger partial charge is 0.416 e. The van der Waals surface area contributed by atoms with Crippen LogP contribution in [0.15, 0.2) is 66.3 Å². The summed E-state index contributed by atoms with van der Waals surface area (Å²) in [6.45, 7) is 3.81. The van der Waals surface area contributed by atoms with E-state index in [-0.39, 0.29) is 11.7 Å². The van der Waals surface area contributed by atoms with Crippen molar-refractivity contribution in [2.24, 2.45) is 16.5 Å². The Labute approximate surface area is 147 Å². The van der Waals surface area contributed by atoms with Gasteiger partial charge in [-0.15, -0.1) is 0 Å². The van der Waals surface area contributed by atoms with Crippen molar-refractivity contribution in [3.8, 4) is 11.3 Å². The van der Waals surface area contributed by atoms with Gasteiger partial charge in [0, 0.05) is 17.3 Å². The van der Waals surface area contributed by atoms with Crippen LogP contribution in [-0.2, 0) is 6.18 Å². The van der Waals surface area contributed by atoms with Gasteiger partial charge in [0.25, 0.3) is 0 Å². The first-order valence-corrected chi connectivity index (χ1v) is 7.61. The molecule has 0 aliphatic rings. The molecular formula is C19H15F3N4. The average molecular weight is 356 g/mol. The maximum absolute atomic E-state index is 13.0. The highest BCUT2D eigenvalue weighted by Crippen LogP contribution is 2.34. The molecule has 132 valence electrons. The molecule has 0 spiro atoms. The highest BCUT2D eigenvalue weighted by atomic mass is 19.4. The number of guanidine groups is 1. The van der Waals surface area contributed by atoms with E-state index in [0.29, 0.717) is 16.8 Å². The van der Waals surface area contributed by atoms with Crippen LogP contribution in [0.3, 0.4) is 0 Å². The van der Waals surface area contributed by atoms with Gasteiger partial charge in [0.05, 0.1) is 17.0 Å². The Morgan fingerprint density at radius 2 is 1.81 bits per heavy atom. The fourth-order valence-corrected chi connectivity index (χ4v) is 2.65. The lowest BCUT2D eigenvalue weighted by Crippen LogP contribution is -2.22. The van der Waals surface area contributed by atoms with Crippen molar-refractivity contribution in [3.63, 3.8) is 0 Å². The summed E-state index contributed by atoms with van der Waals surface area (Å²) in [5, 5.41) is 1.58. The standard InChI is InChI=1S/C19H15F3N4/c1-11(26-18(23)24)13-6-5-12-3-2-4-15(16(12)9-13)17-10-14(7-8-25-17)19(20,21)22/h2-10H,1H2,(H4,23,24,26). The van der Waals surface area contributed by atoms with E-state index in [4.69, 9.17) is 11.5 Å². The van der Waals surface area contributed by atoms with E-state index in [9.17, 15) is 13.2 Å². The van der Waals surface area contributed by atoms with E-state index in [1.807, 2.05) is 12.1 Å². The Hall–Kier alpha value is -3.35. The molecule has 0 amide bonds. The lowest BCUT2D eigenvalue weighted by molar-refractivity contribution is -0.137. The first-order valence-electron chi connectivity index (χ1n) is 7.61. The second kappa shape index (κ2) is 6.51. The van der Waals surface area contributed by atoms with Crippen LogP contribution < -0.4 is 11.5 Å². The minimum absolute atomic E-state index is 0.122. The minimum atomic E-state index is -4.44. The van der Waals surface area contributed by atoms with Gasteiger partial charge in [0.2, 0.25) is 0 Å². The normalized spacial score (nSPS) is 11.3. The van der Waals surface area contributed by atoms with Crippen LogP contribution in [-0.4, -0.2) is 10.9 Å². The number of hydrogen-bond donors (Lipinski definition) is 2. The summed E-state index contributed by atoms with van der Waals surface area (Å²) in [7, 11) is 0. The summed E-state index contributed by atoms with van der Waals surface area (Å²) in [5.74, 6) is -0.122. The topological polar surface area (TPSA) is 77.3 Å². The van der Waals surface area contributed by atoms with E-state index in [1.165, 1.54) is 0 Å². The van der Waals surface area contributed by atoms with Crippen LogP contribution in [0.2, 0.25) is 0 Å². The third-order valence-corrected chi connectivity index (χ3v) is 3.84. The Bertz CT molecular complexity index is 1020. The molecule has 0 bridgehead atoms. The number of pyridine rings is 1. The predicted octanol–water partition coefficient (Wildman–Crippen LogP) is 4.16. The zero-order chi connectivity index (χ0) is 18.9. The monoisotopic (exact) mass is 356 g/mol. The second-order valence-corrected chi connectivity index (χ2v) is 5.65. The van der Waals surface area contributed by atoms with E-state index >= 15 is 0 Å². The number of nitrogens with zero attached hydrogens (tertiary/aromatic N) is 2. The van der Waals surface area contributed by atoms with Gasteiger partial charge in [0.1, 0.15) is 0 Å². The summed E-state index contributed by atoms with van der Waals surface area (Å²) in [6.07, 6.45) is -3.28. The fourth-order valence-electron chi connectivity index (χ4n) is 2.65. The molecule has 4 N–H and O–H groups in total. The number of hydrogen-bond acceptors (Lipinski definition) is 2. The van der Waals surface area contributed by atoms with E-state index in [2.05, 4.69) is 16.6 Å². The molecule has 2 aromatic carbocycles. The number of aliphatic imine (C=N–C) groups is 1. The quantitative estimate of drug-likeness (QED) is 0.546. The average Bonchev–Trinajstić information content (AvgIpc) is 2.59. The van der Waals surface area contributed by atoms with E-state index in [0.717, 1.165) is 29.1 Å². The fraction of sp³-hybridized carbons (Fsp3) is 0.0526. The van der Waals surface area contributed by atoms with Crippen LogP contribution in [0, 0.1) is 0 Å². The van der Waals surface area contributed by atoms with Crippen LogP contribution in [0.1, 0.15) is 11.1 Å². The predicted molar refractivity (Wildman–Crippen MR) is 97.0 cm³/mol. The summed E-state index contributed by atoms with van der Waals surface area (Å²) >= 11 is 0. The molecule has 0 radical (unpaired) electrons. The van der Waals surface area contributed by atoms with Gasteiger partial charge in [-0.2, -0.15) is 13.2 Å². The lowest BCUT2D eigenvalue weighted by Gasteiger charge is -2.11. The number of nitrogens with two attached hydrogens (primary N) is 2. The van der Waals surface area contributed by atoms with Crippen molar-refractivity contribution in [2.45, 2.75) is 6.18 Å². The number of alkyl halides is 3. The molecule has 7 heteroatoms. The van der Waals surface area contributed by atoms with Crippen molar-refractivity contribution in [2.75, 3.05) is 0 Å². The molecule has 0 unspecified atom stereocenters. The van der Waals surface area contributed by atoms with Gasteiger partial charge in [-0.05, 0) is 29.0 Å². The van der Waals surface area contributed by atoms with Gasteiger partial charge in [-0.25, -0.2) is 4.99 Å². The number of fused-ring (bicyclic) bond motifs is 1. The van der Waals surface area contributed by atoms with Gasteiger partial charge < -0.3 is 11.5 Å². The highest BCUT2D eigenvalue weighted by molar-refractivity contribution is 5.98. The van der Waals surface area contributed by atoms with Crippen LogP contribution in [0.4, 0.5) is 13.2 Å². The second-order valence-electron chi connectivity index (χ2n) is 5.65. The van der Waals surface area contributed by atoms with Crippen molar-refractivity contribution >= 4 is 22.4 Å². The molecule has 3 rings (SSSR count). The summed E-state index contributed by atoms with van der Waals surface area (Å²) in [5.41, 5.74) is 11.8. The van der Waals surface area contributed by atoms with Gasteiger partial charge in [-0.3, -0.25) is 4.98 Å². The van der Waals surface area contributed by atoms with Gasteiger partial charge in [0.15, 0.2) is 5.96 Å². The lowest BCUT2D eigenvalue weighted by atomic mass is 9.98. The Balaban J connectivity index is 2.18. The Kier molecular flexibility index (Phi) is 4.38. The van der Waals surface area contributed by atoms with Gasteiger partial charge >= 0.3 is 6.18 Å². The van der Waals surface area contributed by atoms with Crippen molar-refractivity contribution in [1.82, 2.24) is 4.98 Å². The molecule has 0 saturated carbocycles. The Morgan fingerprint density at radius 1 is 1.04 bits per heavy atom. The molecule has 0 aliphatic carbocycles. The maximum atomic E-state index is 13.0. The summed E-state index contributed by atoms with van der Waals surface area (Å²) < 4.78 is 39.0. The third-order valence-electron chi connectivity index (χ3n) is 3.84. The summed E-state index contributed by atoms with van der Waals surface area (Å²) in [4.78, 5) is 8.02. The molecule has 1 aromatic heterocycles. The zero-order valence-corrected chi connectivity index (χ0v) is 13.6. The van der Waals surface area contributed by atoms with Crippen LogP contribution in [0.25, 0.3) is 27.7 Å². The number of rotatable bonds is 3.